The number of rotatable bonds is 3. The van der Waals surface area contributed by atoms with E-state index in [9.17, 15) is 0 Å². The Hall–Kier alpha value is -0.940. The van der Waals surface area contributed by atoms with Crippen LogP contribution in [0.3, 0.4) is 0 Å². The largest absolute Gasteiger partial charge is 0.338 e. The summed E-state index contributed by atoms with van der Waals surface area (Å²) in [5, 5.41) is 9.35. The van der Waals surface area contributed by atoms with Gasteiger partial charge in [0, 0.05) is 5.54 Å². The van der Waals surface area contributed by atoms with E-state index in [0.717, 1.165) is 6.54 Å². The predicted molar refractivity (Wildman–Crippen MR) is 59.4 cm³/mol. The fourth-order valence-electron chi connectivity index (χ4n) is 1.30. The Labute approximate surface area is 85.1 Å². The Morgan fingerprint density at radius 1 is 1.29 bits per heavy atom. The van der Waals surface area contributed by atoms with E-state index in [1.54, 1.807) is 12.7 Å². The zero-order valence-corrected chi connectivity index (χ0v) is 9.26. The van der Waals surface area contributed by atoms with Gasteiger partial charge in [-0.3, -0.25) is 10.6 Å². The van der Waals surface area contributed by atoms with Gasteiger partial charge in [0.15, 0.2) is 0 Å². The van der Waals surface area contributed by atoms with Crippen LogP contribution in [0.25, 0.3) is 0 Å². The maximum Gasteiger partial charge on any atom is 0.267 e. The van der Waals surface area contributed by atoms with Gasteiger partial charge in [0.25, 0.3) is 5.91 Å². The minimum Gasteiger partial charge on any atom is -0.338 e. The van der Waals surface area contributed by atoms with Crippen molar-refractivity contribution in [2.24, 2.45) is 9.98 Å². The molecular formula is C9H19N5. The molecule has 5 nitrogen and oxygen atoms in total. The van der Waals surface area contributed by atoms with E-state index in [-0.39, 0.29) is 5.54 Å². The fraction of sp³-hybridized carbons (Fsp3) is 0.778. The van der Waals surface area contributed by atoms with Crippen LogP contribution in [0.15, 0.2) is 9.98 Å². The van der Waals surface area contributed by atoms with Crippen LogP contribution in [0.2, 0.25) is 0 Å². The average molecular weight is 197 g/mol. The lowest BCUT2D eigenvalue weighted by Crippen LogP contribution is -2.61. The second-order valence-corrected chi connectivity index (χ2v) is 4.26. The second-order valence-electron chi connectivity index (χ2n) is 4.26. The third-order valence-electron chi connectivity index (χ3n) is 1.62. The topological polar surface area (TPSA) is 60.8 Å². The Morgan fingerprint density at radius 3 is 2.29 bits per heavy atom. The molecule has 0 aromatic rings. The summed E-state index contributed by atoms with van der Waals surface area (Å²) in [6.45, 7) is 9.08. The molecular weight excluding hydrogens is 178 g/mol. The molecule has 1 heterocycles. The lowest BCUT2D eigenvalue weighted by atomic mass is 10.1. The van der Waals surface area contributed by atoms with E-state index in [1.165, 1.54) is 0 Å². The molecule has 0 fully saturated rings. The standard InChI is InChI=1S/C9H19N5/c1-5-11-9(14-8(2,3)4)12-6-10-7-13-9/h6-7,11,14H,5H2,1-4H3,(H,10,12,13). The maximum absolute atomic E-state index is 4.28. The molecule has 3 N–H and O–H groups in total. The highest BCUT2D eigenvalue weighted by atomic mass is 15.5. The molecule has 1 rings (SSSR count). The molecule has 0 aliphatic carbocycles. The Kier molecular flexibility index (Phi) is 3.23. The van der Waals surface area contributed by atoms with E-state index in [4.69, 9.17) is 0 Å². The lowest BCUT2D eigenvalue weighted by molar-refractivity contribution is 0.215. The first kappa shape index (κ1) is 11.1. The Morgan fingerprint density at radius 2 is 1.86 bits per heavy atom. The molecule has 0 aromatic heterocycles. The molecule has 5 heteroatoms. The summed E-state index contributed by atoms with van der Waals surface area (Å²) in [6.07, 6.45) is 3.27. The minimum absolute atomic E-state index is 0.0474. The van der Waals surface area contributed by atoms with Gasteiger partial charge in [-0.2, -0.15) is 0 Å². The van der Waals surface area contributed by atoms with Gasteiger partial charge in [-0.25, -0.2) is 9.98 Å². The summed E-state index contributed by atoms with van der Waals surface area (Å²) in [4.78, 5) is 8.56. The van der Waals surface area contributed by atoms with Crippen molar-refractivity contribution in [2.75, 3.05) is 6.54 Å². The summed E-state index contributed by atoms with van der Waals surface area (Å²) >= 11 is 0. The van der Waals surface area contributed by atoms with Crippen LogP contribution in [-0.2, 0) is 0 Å². The summed E-state index contributed by atoms with van der Waals surface area (Å²) in [5.74, 6) is -0.710. The van der Waals surface area contributed by atoms with Crippen LogP contribution in [0.1, 0.15) is 27.7 Å². The zero-order valence-electron chi connectivity index (χ0n) is 9.26. The third kappa shape index (κ3) is 3.08. The van der Waals surface area contributed by atoms with Crippen molar-refractivity contribution in [3.8, 4) is 0 Å². The number of hydrogen-bond acceptors (Lipinski definition) is 5. The van der Waals surface area contributed by atoms with Gasteiger partial charge < -0.3 is 5.32 Å². The van der Waals surface area contributed by atoms with Crippen LogP contribution < -0.4 is 16.0 Å². The van der Waals surface area contributed by atoms with Gasteiger partial charge in [0.1, 0.15) is 0 Å². The van der Waals surface area contributed by atoms with Crippen molar-refractivity contribution in [1.82, 2.24) is 16.0 Å². The van der Waals surface area contributed by atoms with E-state index in [1.807, 2.05) is 6.92 Å². The van der Waals surface area contributed by atoms with Crippen LogP contribution in [-0.4, -0.2) is 30.7 Å². The summed E-state index contributed by atoms with van der Waals surface area (Å²) in [6, 6.07) is 0. The molecule has 0 bridgehead atoms. The van der Waals surface area contributed by atoms with Gasteiger partial charge in [0.05, 0.1) is 12.7 Å². The molecule has 0 amide bonds. The maximum atomic E-state index is 4.28. The summed E-state index contributed by atoms with van der Waals surface area (Å²) in [7, 11) is 0. The molecule has 1 aliphatic rings. The minimum atomic E-state index is -0.710. The molecule has 0 saturated carbocycles. The van der Waals surface area contributed by atoms with E-state index >= 15 is 0 Å². The van der Waals surface area contributed by atoms with Crippen LogP contribution in [0, 0.1) is 0 Å². The monoisotopic (exact) mass is 197 g/mol. The Balaban J connectivity index is 2.76. The van der Waals surface area contributed by atoms with Crippen molar-refractivity contribution >= 4 is 12.7 Å². The van der Waals surface area contributed by atoms with Gasteiger partial charge in [-0.05, 0) is 27.3 Å². The lowest BCUT2D eigenvalue weighted by Gasteiger charge is -2.35. The molecule has 0 saturated heterocycles. The highest BCUT2D eigenvalue weighted by molar-refractivity contribution is 5.77. The SMILES string of the molecule is CCNC1(NC(C)(C)C)N=CNC=N1. The quantitative estimate of drug-likeness (QED) is 0.569. The third-order valence-corrected chi connectivity index (χ3v) is 1.62. The van der Waals surface area contributed by atoms with Crippen molar-refractivity contribution in [2.45, 2.75) is 39.1 Å². The van der Waals surface area contributed by atoms with Crippen LogP contribution >= 0.6 is 0 Å². The first-order valence-corrected chi connectivity index (χ1v) is 4.85. The van der Waals surface area contributed by atoms with Gasteiger partial charge in [0.2, 0.25) is 0 Å². The van der Waals surface area contributed by atoms with E-state index in [0.29, 0.717) is 0 Å². The van der Waals surface area contributed by atoms with Crippen molar-refractivity contribution in [3.63, 3.8) is 0 Å². The summed E-state index contributed by atoms with van der Waals surface area (Å²) in [5.41, 5.74) is -0.0474. The molecule has 0 spiro atoms. The number of aliphatic imine (C=N–C) groups is 2. The molecule has 0 radical (unpaired) electrons. The summed E-state index contributed by atoms with van der Waals surface area (Å²) < 4.78 is 0. The average Bonchev–Trinajstić information content (AvgIpc) is 2.02. The smallest absolute Gasteiger partial charge is 0.267 e. The molecule has 14 heavy (non-hydrogen) atoms. The first-order chi connectivity index (χ1) is 6.47. The first-order valence-electron chi connectivity index (χ1n) is 4.85. The number of hydrogen-bond donors (Lipinski definition) is 3. The highest BCUT2D eigenvalue weighted by Gasteiger charge is 2.31. The van der Waals surface area contributed by atoms with Gasteiger partial charge in [-0.1, -0.05) is 6.92 Å². The highest BCUT2D eigenvalue weighted by Crippen LogP contribution is 2.12. The number of nitrogens with one attached hydrogen (secondary N) is 3. The van der Waals surface area contributed by atoms with E-state index in [2.05, 4.69) is 46.7 Å². The van der Waals surface area contributed by atoms with Crippen LogP contribution in [0.5, 0.6) is 0 Å². The van der Waals surface area contributed by atoms with Crippen molar-refractivity contribution in [1.29, 1.82) is 0 Å². The molecule has 0 unspecified atom stereocenters. The van der Waals surface area contributed by atoms with Gasteiger partial charge >= 0.3 is 0 Å². The predicted octanol–water partition coefficient (Wildman–Crippen LogP) is 0.255. The molecule has 0 aromatic carbocycles. The molecule has 1 aliphatic heterocycles. The molecule has 0 atom stereocenters. The Bertz CT molecular complexity index is 226. The number of nitrogens with zero attached hydrogens (tertiary/aromatic N) is 2. The van der Waals surface area contributed by atoms with Gasteiger partial charge in [-0.15, -0.1) is 0 Å². The van der Waals surface area contributed by atoms with E-state index < -0.39 is 5.91 Å². The van der Waals surface area contributed by atoms with Crippen LogP contribution in [0.4, 0.5) is 0 Å². The second kappa shape index (κ2) is 4.06. The zero-order chi connectivity index (χ0) is 10.7. The van der Waals surface area contributed by atoms with Crippen molar-refractivity contribution in [3.05, 3.63) is 0 Å². The van der Waals surface area contributed by atoms with Crippen molar-refractivity contribution < 1.29 is 0 Å². The fourth-order valence-corrected chi connectivity index (χ4v) is 1.30. The molecule has 80 valence electrons. The normalized spacial score (nSPS) is 19.4.